The van der Waals surface area contributed by atoms with Crippen LogP contribution >= 0.6 is 15.9 Å². The first-order valence-electron chi connectivity index (χ1n) is 6.71. The Balaban J connectivity index is 1.96. The fourth-order valence-electron chi connectivity index (χ4n) is 2.86. The average Bonchev–Trinajstić information content (AvgIpc) is 2.70. The monoisotopic (exact) mass is 329 g/mol. The van der Waals surface area contributed by atoms with E-state index in [9.17, 15) is 4.79 Å². The molecule has 0 fully saturated rings. The van der Waals surface area contributed by atoms with Gasteiger partial charge in [0.2, 0.25) is 5.91 Å². The van der Waals surface area contributed by atoms with Crippen LogP contribution in [0.2, 0.25) is 0 Å². The molecule has 0 aliphatic carbocycles. The number of hydrogen-bond donors (Lipinski definition) is 1. The molecule has 2 nitrogen and oxygen atoms in total. The molecular formula is C17H16BrNO. The van der Waals surface area contributed by atoms with Crippen LogP contribution in [0.4, 0.5) is 5.69 Å². The smallest absolute Gasteiger partial charge is 0.232 e. The van der Waals surface area contributed by atoms with Gasteiger partial charge in [0, 0.05) is 10.2 Å². The number of carbonyl (C=O) groups is 1. The summed E-state index contributed by atoms with van der Waals surface area (Å²) in [6.07, 6.45) is 0.745. The first kappa shape index (κ1) is 13.4. The molecule has 0 aromatic heterocycles. The third-order valence-corrected chi connectivity index (χ3v) is 4.33. The Kier molecular flexibility index (Phi) is 3.38. The van der Waals surface area contributed by atoms with Crippen molar-refractivity contribution in [2.45, 2.75) is 26.2 Å². The number of carbonyl (C=O) groups excluding carboxylic acids is 1. The second-order valence-electron chi connectivity index (χ2n) is 5.42. The van der Waals surface area contributed by atoms with Crippen molar-refractivity contribution in [3.63, 3.8) is 0 Å². The lowest BCUT2D eigenvalue weighted by Crippen LogP contribution is -2.14. The molecule has 102 valence electrons. The summed E-state index contributed by atoms with van der Waals surface area (Å²) in [6, 6.07) is 12.4. The number of halogens is 1. The minimum Gasteiger partial charge on any atom is -0.325 e. The van der Waals surface area contributed by atoms with Crippen molar-refractivity contribution in [1.82, 2.24) is 0 Å². The number of rotatable bonds is 2. The molecule has 1 N–H and O–H groups in total. The number of amides is 1. The largest absolute Gasteiger partial charge is 0.325 e. The maximum atomic E-state index is 12.2. The molecule has 0 spiro atoms. The second kappa shape index (κ2) is 5.06. The van der Waals surface area contributed by atoms with Gasteiger partial charge in [-0.15, -0.1) is 0 Å². The highest BCUT2D eigenvalue weighted by atomic mass is 79.9. The third-order valence-electron chi connectivity index (χ3n) is 3.80. The Labute approximate surface area is 127 Å². The van der Waals surface area contributed by atoms with Gasteiger partial charge in [-0.3, -0.25) is 4.79 Å². The average molecular weight is 330 g/mol. The summed E-state index contributed by atoms with van der Waals surface area (Å²) in [6.45, 7) is 4.13. The first-order chi connectivity index (χ1) is 9.54. The fourth-order valence-corrected chi connectivity index (χ4v) is 3.12. The Morgan fingerprint density at radius 2 is 1.85 bits per heavy atom. The molecule has 0 saturated heterocycles. The highest BCUT2D eigenvalue weighted by molar-refractivity contribution is 9.10. The molecule has 0 radical (unpaired) electrons. The maximum Gasteiger partial charge on any atom is 0.232 e. The van der Waals surface area contributed by atoms with Gasteiger partial charge in [0.1, 0.15) is 0 Å². The quantitative estimate of drug-likeness (QED) is 0.872. The van der Waals surface area contributed by atoms with Gasteiger partial charge in [0.15, 0.2) is 0 Å². The standard InChI is InChI=1S/C17H16BrNO/c1-10-7-11(2)16-14(8-10)15(17(20)19-16)9-12-3-5-13(18)6-4-12/h3-8,15H,9H2,1-2H3,(H,19,20)/t15-/m0/s1. The van der Waals surface area contributed by atoms with Crippen molar-refractivity contribution in [2.24, 2.45) is 0 Å². The molecule has 1 amide bonds. The van der Waals surface area contributed by atoms with Gasteiger partial charge in [0.05, 0.1) is 5.92 Å². The molecule has 1 atom stereocenters. The van der Waals surface area contributed by atoms with Crippen molar-refractivity contribution in [3.05, 3.63) is 63.1 Å². The van der Waals surface area contributed by atoms with Crippen molar-refractivity contribution >= 4 is 27.5 Å². The predicted octanol–water partition coefficient (Wildman–Crippen LogP) is 4.34. The number of fused-ring (bicyclic) bond motifs is 1. The summed E-state index contributed by atoms with van der Waals surface area (Å²) in [5.74, 6) is 0.0291. The lowest BCUT2D eigenvalue weighted by Gasteiger charge is -2.10. The first-order valence-corrected chi connectivity index (χ1v) is 7.50. The molecule has 0 saturated carbocycles. The number of aryl methyl sites for hydroxylation is 2. The molecule has 1 heterocycles. The maximum absolute atomic E-state index is 12.2. The van der Waals surface area contributed by atoms with Crippen LogP contribution in [0.15, 0.2) is 40.9 Å². The lowest BCUT2D eigenvalue weighted by atomic mass is 9.91. The Morgan fingerprint density at radius 3 is 2.55 bits per heavy atom. The second-order valence-corrected chi connectivity index (χ2v) is 6.33. The van der Waals surface area contributed by atoms with Gasteiger partial charge in [-0.05, 0) is 49.1 Å². The van der Waals surface area contributed by atoms with E-state index < -0.39 is 0 Å². The van der Waals surface area contributed by atoms with E-state index in [2.05, 4.69) is 52.4 Å². The Hall–Kier alpha value is -1.61. The molecule has 3 heteroatoms. The van der Waals surface area contributed by atoms with Crippen LogP contribution < -0.4 is 5.32 Å². The van der Waals surface area contributed by atoms with Crippen molar-refractivity contribution in [1.29, 1.82) is 0 Å². The molecule has 0 unspecified atom stereocenters. The zero-order valence-corrected chi connectivity index (χ0v) is 13.1. The summed E-state index contributed by atoms with van der Waals surface area (Å²) in [7, 11) is 0. The zero-order valence-electron chi connectivity index (χ0n) is 11.5. The molecular weight excluding hydrogens is 314 g/mol. The lowest BCUT2D eigenvalue weighted by molar-refractivity contribution is -0.117. The molecule has 0 bridgehead atoms. The van der Waals surface area contributed by atoms with E-state index in [1.54, 1.807) is 0 Å². The predicted molar refractivity (Wildman–Crippen MR) is 85.1 cm³/mol. The Bertz CT molecular complexity index is 676. The van der Waals surface area contributed by atoms with Crippen LogP contribution in [0.25, 0.3) is 0 Å². The van der Waals surface area contributed by atoms with E-state index >= 15 is 0 Å². The van der Waals surface area contributed by atoms with Crippen LogP contribution in [0, 0.1) is 13.8 Å². The van der Waals surface area contributed by atoms with Crippen molar-refractivity contribution in [2.75, 3.05) is 5.32 Å². The summed E-state index contributed by atoms with van der Waals surface area (Å²) >= 11 is 3.44. The molecule has 1 aliphatic rings. The SMILES string of the molecule is Cc1cc(C)c2c(c1)[C@H](Cc1ccc(Br)cc1)C(=O)N2. The van der Waals surface area contributed by atoms with Crippen LogP contribution in [-0.4, -0.2) is 5.91 Å². The normalized spacial score (nSPS) is 16.9. The van der Waals surface area contributed by atoms with Gasteiger partial charge in [0.25, 0.3) is 0 Å². The zero-order chi connectivity index (χ0) is 14.3. The van der Waals surface area contributed by atoms with Crippen LogP contribution in [0.5, 0.6) is 0 Å². The highest BCUT2D eigenvalue weighted by Crippen LogP contribution is 2.37. The van der Waals surface area contributed by atoms with Crippen LogP contribution in [0.3, 0.4) is 0 Å². The van der Waals surface area contributed by atoms with E-state index in [1.807, 2.05) is 19.1 Å². The van der Waals surface area contributed by atoms with Crippen LogP contribution in [-0.2, 0) is 11.2 Å². The summed E-state index contributed by atoms with van der Waals surface area (Å²) in [5.41, 5.74) is 5.67. The van der Waals surface area contributed by atoms with Gasteiger partial charge < -0.3 is 5.32 Å². The van der Waals surface area contributed by atoms with E-state index in [0.717, 1.165) is 27.7 Å². The third kappa shape index (κ3) is 2.38. The van der Waals surface area contributed by atoms with E-state index in [-0.39, 0.29) is 11.8 Å². The van der Waals surface area contributed by atoms with E-state index in [1.165, 1.54) is 11.1 Å². The fraction of sp³-hybridized carbons (Fsp3) is 0.235. The summed E-state index contributed by atoms with van der Waals surface area (Å²) in [4.78, 5) is 12.2. The van der Waals surface area contributed by atoms with Gasteiger partial charge >= 0.3 is 0 Å². The van der Waals surface area contributed by atoms with Crippen molar-refractivity contribution in [3.8, 4) is 0 Å². The number of nitrogens with one attached hydrogen (secondary N) is 1. The topological polar surface area (TPSA) is 29.1 Å². The Morgan fingerprint density at radius 1 is 1.15 bits per heavy atom. The highest BCUT2D eigenvalue weighted by Gasteiger charge is 2.31. The molecule has 2 aromatic carbocycles. The van der Waals surface area contributed by atoms with E-state index in [0.29, 0.717) is 0 Å². The minimum absolute atomic E-state index is 0.0789. The van der Waals surface area contributed by atoms with Gasteiger partial charge in [-0.2, -0.15) is 0 Å². The molecule has 3 rings (SSSR count). The summed E-state index contributed by atoms with van der Waals surface area (Å²) in [5, 5.41) is 3.03. The molecule has 20 heavy (non-hydrogen) atoms. The van der Waals surface area contributed by atoms with Gasteiger partial charge in [-0.1, -0.05) is 45.8 Å². The van der Waals surface area contributed by atoms with Gasteiger partial charge in [-0.25, -0.2) is 0 Å². The van der Waals surface area contributed by atoms with E-state index in [4.69, 9.17) is 0 Å². The number of benzene rings is 2. The summed E-state index contributed by atoms with van der Waals surface area (Å²) < 4.78 is 1.06. The molecule has 1 aliphatic heterocycles. The van der Waals surface area contributed by atoms with Crippen molar-refractivity contribution < 1.29 is 4.79 Å². The number of hydrogen-bond acceptors (Lipinski definition) is 1. The molecule has 2 aromatic rings. The minimum atomic E-state index is -0.0789. The van der Waals surface area contributed by atoms with Crippen LogP contribution in [0.1, 0.15) is 28.2 Å². The number of anilines is 1.